The van der Waals surface area contributed by atoms with Crippen molar-refractivity contribution in [3.8, 4) is 0 Å². The van der Waals surface area contributed by atoms with Gasteiger partial charge in [0.15, 0.2) is 0 Å². The maximum Gasteiger partial charge on any atom is 0.417 e. The predicted molar refractivity (Wildman–Crippen MR) is 83.6 cm³/mol. The van der Waals surface area contributed by atoms with E-state index in [2.05, 4.69) is 19.2 Å². The molecule has 1 rings (SSSR count). The lowest BCUT2D eigenvalue weighted by molar-refractivity contribution is -0.139. The molecule has 1 atom stereocenters. The van der Waals surface area contributed by atoms with Crippen LogP contribution in [-0.2, 0) is 12.7 Å². The molecule has 0 aliphatic heterocycles. The minimum atomic E-state index is -4.29. The van der Waals surface area contributed by atoms with E-state index >= 15 is 0 Å². The molecule has 120 valence electrons. The van der Waals surface area contributed by atoms with Crippen molar-refractivity contribution in [1.82, 2.24) is 5.32 Å². The molecule has 0 bridgehead atoms. The van der Waals surface area contributed by atoms with Crippen molar-refractivity contribution in [2.75, 3.05) is 12.3 Å². The van der Waals surface area contributed by atoms with Crippen molar-refractivity contribution >= 4 is 11.8 Å². The van der Waals surface area contributed by atoms with Crippen LogP contribution in [0.4, 0.5) is 13.2 Å². The molecule has 0 fully saturated rings. The van der Waals surface area contributed by atoms with Gasteiger partial charge in [-0.1, -0.05) is 33.3 Å². The highest BCUT2D eigenvalue weighted by Crippen LogP contribution is 2.38. The number of nitrogens with one attached hydrogen (secondary N) is 1. The van der Waals surface area contributed by atoms with E-state index in [1.807, 2.05) is 6.92 Å². The molecule has 0 aliphatic carbocycles. The Kier molecular flexibility index (Phi) is 7.60. The smallest absolute Gasteiger partial charge is 0.313 e. The summed E-state index contributed by atoms with van der Waals surface area (Å²) in [5.74, 6) is 1.13. The SMILES string of the molecule is CCCNCc1ccc(SCC(C)CC)c(C(F)(F)F)c1. The Labute approximate surface area is 129 Å². The quantitative estimate of drug-likeness (QED) is 0.512. The van der Waals surface area contributed by atoms with E-state index < -0.39 is 11.7 Å². The van der Waals surface area contributed by atoms with Gasteiger partial charge in [0.25, 0.3) is 0 Å². The lowest BCUT2D eigenvalue weighted by atomic mass is 10.1. The molecule has 1 nitrogen and oxygen atoms in total. The number of hydrogen-bond acceptors (Lipinski definition) is 2. The highest BCUT2D eigenvalue weighted by atomic mass is 32.2. The van der Waals surface area contributed by atoms with Crippen LogP contribution >= 0.6 is 11.8 Å². The Morgan fingerprint density at radius 2 is 1.95 bits per heavy atom. The highest BCUT2D eigenvalue weighted by Gasteiger charge is 2.33. The molecule has 0 spiro atoms. The summed E-state index contributed by atoms with van der Waals surface area (Å²) in [6.45, 7) is 7.43. The van der Waals surface area contributed by atoms with E-state index in [-0.39, 0.29) is 0 Å². The van der Waals surface area contributed by atoms with Gasteiger partial charge in [-0.05, 0) is 36.6 Å². The molecule has 0 heterocycles. The Hall–Kier alpha value is -0.680. The second kappa shape index (κ2) is 8.69. The number of benzene rings is 1. The van der Waals surface area contributed by atoms with Crippen molar-refractivity contribution < 1.29 is 13.2 Å². The normalized spacial score (nSPS) is 13.4. The molecule has 1 unspecified atom stereocenters. The minimum Gasteiger partial charge on any atom is -0.313 e. The van der Waals surface area contributed by atoms with Crippen LogP contribution in [0.1, 0.15) is 44.7 Å². The summed E-state index contributed by atoms with van der Waals surface area (Å²) in [4.78, 5) is 0.335. The second-order valence-corrected chi connectivity index (χ2v) is 6.39. The number of thioether (sulfide) groups is 1. The fourth-order valence-electron chi connectivity index (χ4n) is 1.79. The summed E-state index contributed by atoms with van der Waals surface area (Å²) in [6, 6.07) is 4.68. The Balaban J connectivity index is 2.87. The summed E-state index contributed by atoms with van der Waals surface area (Å²) < 4.78 is 39.6. The minimum absolute atomic E-state index is 0.335. The number of hydrogen-bond donors (Lipinski definition) is 1. The van der Waals surface area contributed by atoms with Crippen LogP contribution in [0, 0.1) is 5.92 Å². The first-order chi connectivity index (χ1) is 9.88. The zero-order valence-corrected chi connectivity index (χ0v) is 13.7. The molecule has 0 aromatic heterocycles. The topological polar surface area (TPSA) is 12.0 Å². The van der Waals surface area contributed by atoms with Crippen molar-refractivity contribution in [3.05, 3.63) is 29.3 Å². The number of rotatable bonds is 8. The van der Waals surface area contributed by atoms with E-state index in [1.165, 1.54) is 17.8 Å². The molecule has 1 N–H and O–H groups in total. The van der Waals surface area contributed by atoms with E-state index in [0.717, 1.165) is 19.4 Å². The van der Waals surface area contributed by atoms with Crippen LogP contribution in [-0.4, -0.2) is 12.3 Å². The van der Waals surface area contributed by atoms with Gasteiger partial charge in [-0.2, -0.15) is 13.2 Å². The zero-order chi connectivity index (χ0) is 15.9. The van der Waals surface area contributed by atoms with E-state index in [0.29, 0.717) is 28.7 Å². The summed E-state index contributed by atoms with van der Waals surface area (Å²) in [5.41, 5.74) is 0.176. The van der Waals surface area contributed by atoms with E-state index in [9.17, 15) is 13.2 Å². The Bertz CT molecular complexity index is 432. The second-order valence-electron chi connectivity index (χ2n) is 5.33. The van der Waals surface area contributed by atoms with Gasteiger partial charge in [0.2, 0.25) is 0 Å². The molecule has 0 amide bonds. The van der Waals surface area contributed by atoms with Gasteiger partial charge >= 0.3 is 6.18 Å². The first-order valence-electron chi connectivity index (χ1n) is 7.42. The van der Waals surface area contributed by atoms with Gasteiger partial charge in [0.1, 0.15) is 0 Å². The van der Waals surface area contributed by atoms with E-state index in [4.69, 9.17) is 0 Å². The first-order valence-corrected chi connectivity index (χ1v) is 8.40. The molecule has 0 aliphatic rings. The van der Waals surface area contributed by atoms with Gasteiger partial charge < -0.3 is 5.32 Å². The predicted octanol–water partition coefficient (Wildman–Crippen LogP) is 5.34. The van der Waals surface area contributed by atoms with Gasteiger partial charge in [0.05, 0.1) is 5.56 Å². The standard InChI is InChI=1S/C16H24F3NS/c1-4-8-20-10-13-6-7-15(21-11-12(3)5-2)14(9-13)16(17,18)19/h6-7,9,12,20H,4-5,8,10-11H2,1-3H3. The molecular formula is C16H24F3NS. The molecular weight excluding hydrogens is 295 g/mol. The zero-order valence-electron chi connectivity index (χ0n) is 12.9. The van der Waals surface area contributed by atoms with Crippen LogP contribution in [0.3, 0.4) is 0 Å². The number of halogens is 3. The third kappa shape index (κ3) is 6.30. The summed E-state index contributed by atoms with van der Waals surface area (Å²) in [6.07, 6.45) is -2.35. The van der Waals surface area contributed by atoms with Crippen molar-refractivity contribution in [1.29, 1.82) is 0 Å². The molecule has 1 aromatic carbocycles. The van der Waals surface area contributed by atoms with Crippen LogP contribution in [0.5, 0.6) is 0 Å². The third-order valence-electron chi connectivity index (χ3n) is 3.33. The van der Waals surface area contributed by atoms with Crippen LogP contribution < -0.4 is 5.32 Å². The average Bonchev–Trinajstić information content (AvgIpc) is 2.44. The van der Waals surface area contributed by atoms with E-state index in [1.54, 1.807) is 12.1 Å². The fraction of sp³-hybridized carbons (Fsp3) is 0.625. The highest BCUT2D eigenvalue weighted by molar-refractivity contribution is 7.99. The molecule has 0 radical (unpaired) electrons. The van der Waals surface area contributed by atoms with Gasteiger partial charge in [0, 0.05) is 17.2 Å². The average molecular weight is 319 g/mol. The lowest BCUT2D eigenvalue weighted by Crippen LogP contribution is -2.15. The van der Waals surface area contributed by atoms with Gasteiger partial charge in [-0.25, -0.2) is 0 Å². The molecule has 0 saturated heterocycles. The summed E-state index contributed by atoms with van der Waals surface area (Å²) >= 11 is 1.30. The van der Waals surface area contributed by atoms with Crippen molar-refractivity contribution in [2.45, 2.75) is 51.2 Å². The van der Waals surface area contributed by atoms with Crippen LogP contribution in [0.15, 0.2) is 23.1 Å². The molecule has 0 saturated carbocycles. The molecule has 1 aromatic rings. The first kappa shape index (κ1) is 18.4. The summed E-state index contributed by atoms with van der Waals surface area (Å²) in [7, 11) is 0. The fourth-order valence-corrected chi connectivity index (χ4v) is 2.99. The monoisotopic (exact) mass is 319 g/mol. The Morgan fingerprint density at radius 1 is 1.24 bits per heavy atom. The molecule has 5 heteroatoms. The number of alkyl halides is 3. The maximum absolute atomic E-state index is 13.2. The van der Waals surface area contributed by atoms with Crippen LogP contribution in [0.25, 0.3) is 0 Å². The van der Waals surface area contributed by atoms with Gasteiger partial charge in [-0.3, -0.25) is 0 Å². The third-order valence-corrected chi connectivity index (χ3v) is 4.73. The molecule has 21 heavy (non-hydrogen) atoms. The maximum atomic E-state index is 13.2. The lowest BCUT2D eigenvalue weighted by Gasteiger charge is -2.16. The van der Waals surface area contributed by atoms with Gasteiger partial charge in [-0.15, -0.1) is 11.8 Å². The van der Waals surface area contributed by atoms with Crippen molar-refractivity contribution in [3.63, 3.8) is 0 Å². The van der Waals surface area contributed by atoms with Crippen molar-refractivity contribution in [2.24, 2.45) is 5.92 Å². The summed E-state index contributed by atoms with van der Waals surface area (Å²) in [5, 5.41) is 3.13. The largest absolute Gasteiger partial charge is 0.417 e. The Morgan fingerprint density at radius 3 is 2.52 bits per heavy atom. The van der Waals surface area contributed by atoms with Crippen LogP contribution in [0.2, 0.25) is 0 Å².